The summed E-state index contributed by atoms with van der Waals surface area (Å²) in [6.07, 6.45) is -0.0690. The fraction of sp³-hybridized carbons (Fsp3) is 0.350. The van der Waals surface area contributed by atoms with Crippen molar-refractivity contribution >= 4 is 15.9 Å². The molecular weight excluding hydrogens is 364 g/mol. The first kappa shape index (κ1) is 19.5. The number of epoxide rings is 1. The summed E-state index contributed by atoms with van der Waals surface area (Å²) in [5, 5.41) is 0. The molecule has 0 bridgehead atoms. The van der Waals surface area contributed by atoms with Crippen LogP contribution in [0.2, 0.25) is 0 Å². The third kappa shape index (κ3) is 4.37. The summed E-state index contributed by atoms with van der Waals surface area (Å²) in [6, 6.07) is 15.3. The number of amides is 1. The molecule has 2 atom stereocenters. The fourth-order valence-electron chi connectivity index (χ4n) is 2.90. The molecular formula is C20H24N2O4S. The van der Waals surface area contributed by atoms with Crippen molar-refractivity contribution in [3.8, 4) is 0 Å². The Kier molecular flexibility index (Phi) is 5.64. The lowest BCUT2D eigenvalue weighted by molar-refractivity contribution is 0.0827. The van der Waals surface area contributed by atoms with E-state index in [0.29, 0.717) is 18.7 Å². The van der Waals surface area contributed by atoms with Gasteiger partial charge in [0.25, 0.3) is 5.91 Å². The molecule has 144 valence electrons. The second-order valence-electron chi connectivity index (χ2n) is 6.84. The zero-order chi connectivity index (χ0) is 19.6. The summed E-state index contributed by atoms with van der Waals surface area (Å²) in [6.45, 7) is 2.75. The van der Waals surface area contributed by atoms with Crippen LogP contribution in [0.1, 0.15) is 28.9 Å². The molecule has 7 heteroatoms. The lowest BCUT2D eigenvalue weighted by Gasteiger charge is -2.28. The van der Waals surface area contributed by atoms with E-state index in [2.05, 4.69) is 0 Å². The Morgan fingerprint density at radius 2 is 1.70 bits per heavy atom. The van der Waals surface area contributed by atoms with Crippen LogP contribution >= 0.6 is 0 Å². The second kappa shape index (κ2) is 7.80. The van der Waals surface area contributed by atoms with Crippen molar-refractivity contribution < 1.29 is 17.9 Å². The quantitative estimate of drug-likeness (QED) is 0.684. The summed E-state index contributed by atoms with van der Waals surface area (Å²) >= 11 is 0. The largest absolute Gasteiger partial charge is 0.372 e. The smallest absolute Gasteiger partial charge is 0.253 e. The number of sulfonamides is 1. The van der Waals surface area contributed by atoms with Gasteiger partial charge in [0.05, 0.1) is 17.6 Å². The monoisotopic (exact) mass is 388 g/mol. The van der Waals surface area contributed by atoms with E-state index in [-0.39, 0.29) is 22.9 Å². The van der Waals surface area contributed by atoms with Gasteiger partial charge in [-0.2, -0.15) is 4.31 Å². The van der Waals surface area contributed by atoms with Crippen molar-refractivity contribution in [1.29, 1.82) is 0 Å². The molecule has 0 aromatic heterocycles. The third-order valence-corrected chi connectivity index (χ3v) is 6.56. The van der Waals surface area contributed by atoms with E-state index in [0.717, 1.165) is 5.56 Å². The summed E-state index contributed by atoms with van der Waals surface area (Å²) in [5.74, 6) is -0.167. The average molecular weight is 388 g/mol. The minimum absolute atomic E-state index is 0.0690. The number of hydrogen-bond donors (Lipinski definition) is 0. The minimum Gasteiger partial charge on any atom is -0.372 e. The maximum absolute atomic E-state index is 13.3. The highest BCUT2D eigenvalue weighted by Gasteiger charge is 2.36. The van der Waals surface area contributed by atoms with E-state index in [4.69, 9.17) is 4.74 Å². The van der Waals surface area contributed by atoms with Crippen LogP contribution in [0.3, 0.4) is 0 Å². The average Bonchev–Trinajstić information content (AvgIpc) is 3.50. The third-order valence-electron chi connectivity index (χ3n) is 4.61. The number of hydrogen-bond acceptors (Lipinski definition) is 4. The van der Waals surface area contributed by atoms with E-state index in [9.17, 15) is 13.2 Å². The van der Waals surface area contributed by atoms with Crippen LogP contribution in [0.15, 0.2) is 59.5 Å². The number of nitrogens with zero attached hydrogens (tertiary/aromatic N) is 2. The molecule has 0 spiro atoms. The summed E-state index contributed by atoms with van der Waals surface area (Å²) in [5.41, 5.74) is 1.37. The second-order valence-corrected chi connectivity index (χ2v) is 8.73. The van der Waals surface area contributed by atoms with Crippen molar-refractivity contribution in [2.75, 3.05) is 27.2 Å². The molecule has 0 radical (unpaired) electrons. The maximum atomic E-state index is 13.3. The molecule has 0 N–H and O–H groups in total. The molecule has 0 saturated carbocycles. The topological polar surface area (TPSA) is 70.2 Å². The van der Waals surface area contributed by atoms with E-state index in [1.165, 1.54) is 21.3 Å². The Bertz CT molecular complexity index is 891. The van der Waals surface area contributed by atoms with E-state index in [1.54, 1.807) is 26.2 Å². The highest BCUT2D eigenvalue weighted by molar-refractivity contribution is 7.89. The fourth-order valence-corrected chi connectivity index (χ4v) is 4.55. The zero-order valence-electron chi connectivity index (χ0n) is 15.7. The highest BCUT2D eigenvalue weighted by atomic mass is 32.2. The molecule has 2 aromatic rings. The molecule has 1 aliphatic heterocycles. The van der Waals surface area contributed by atoms with Crippen molar-refractivity contribution in [3.05, 3.63) is 65.7 Å². The van der Waals surface area contributed by atoms with Crippen molar-refractivity contribution in [2.45, 2.75) is 24.0 Å². The van der Waals surface area contributed by atoms with Crippen LogP contribution in [-0.2, 0) is 14.8 Å². The van der Waals surface area contributed by atoms with E-state index < -0.39 is 10.0 Å². The molecule has 1 fully saturated rings. The van der Waals surface area contributed by atoms with Gasteiger partial charge in [-0.25, -0.2) is 8.42 Å². The van der Waals surface area contributed by atoms with Gasteiger partial charge in [-0.1, -0.05) is 30.3 Å². The van der Waals surface area contributed by atoms with Gasteiger partial charge in [-0.3, -0.25) is 4.79 Å². The van der Waals surface area contributed by atoms with Crippen molar-refractivity contribution in [1.82, 2.24) is 9.21 Å². The summed E-state index contributed by atoms with van der Waals surface area (Å²) in [7, 11) is -0.421. The maximum Gasteiger partial charge on any atom is 0.253 e. The van der Waals surface area contributed by atoms with E-state index >= 15 is 0 Å². The van der Waals surface area contributed by atoms with Gasteiger partial charge in [-0.15, -0.1) is 0 Å². The molecule has 6 nitrogen and oxygen atoms in total. The first-order valence-corrected chi connectivity index (χ1v) is 10.2. The molecule has 1 heterocycles. The minimum atomic E-state index is -3.74. The van der Waals surface area contributed by atoms with Gasteiger partial charge in [-0.05, 0) is 36.8 Å². The van der Waals surface area contributed by atoms with Gasteiger partial charge in [0.2, 0.25) is 10.0 Å². The van der Waals surface area contributed by atoms with Crippen molar-refractivity contribution in [2.24, 2.45) is 0 Å². The molecule has 27 heavy (non-hydrogen) atoms. The first-order chi connectivity index (χ1) is 12.8. The van der Waals surface area contributed by atoms with Crippen LogP contribution in [-0.4, -0.2) is 56.9 Å². The van der Waals surface area contributed by atoms with Crippen LogP contribution in [0.25, 0.3) is 0 Å². The summed E-state index contributed by atoms with van der Waals surface area (Å²) < 4.78 is 33.4. The van der Waals surface area contributed by atoms with Gasteiger partial charge in [0.1, 0.15) is 0 Å². The van der Waals surface area contributed by atoms with Gasteiger partial charge >= 0.3 is 0 Å². The van der Waals surface area contributed by atoms with Crippen LogP contribution in [0.4, 0.5) is 0 Å². The molecule has 2 unspecified atom stereocenters. The molecule has 1 saturated heterocycles. The van der Waals surface area contributed by atoms with Gasteiger partial charge < -0.3 is 9.64 Å². The number of ether oxygens (including phenoxy) is 1. The Morgan fingerprint density at radius 3 is 2.22 bits per heavy atom. The SMILES string of the molecule is CC(c1ccccc1)N(CC1CO1)S(=O)(=O)c1ccc(C(=O)N(C)C)cc1. The lowest BCUT2D eigenvalue weighted by Crippen LogP contribution is -2.36. The first-order valence-electron chi connectivity index (χ1n) is 8.81. The molecule has 0 aliphatic carbocycles. The summed E-state index contributed by atoms with van der Waals surface area (Å²) in [4.78, 5) is 13.7. The predicted molar refractivity (Wildman–Crippen MR) is 103 cm³/mol. The molecule has 3 rings (SSSR count). The molecule has 1 amide bonds. The molecule has 2 aromatic carbocycles. The predicted octanol–water partition coefficient (Wildman–Crippen LogP) is 2.54. The number of carbonyl (C=O) groups is 1. The lowest BCUT2D eigenvalue weighted by atomic mass is 10.1. The highest BCUT2D eigenvalue weighted by Crippen LogP contribution is 2.30. The zero-order valence-corrected chi connectivity index (χ0v) is 16.5. The standard InChI is InChI=1S/C20H24N2O4S/c1-15(16-7-5-4-6-8-16)22(13-18-14-26-18)27(24,25)19-11-9-17(10-12-19)20(23)21(2)3/h4-12,15,18H,13-14H2,1-3H3. The van der Waals surface area contributed by atoms with Crippen LogP contribution in [0, 0.1) is 0 Å². The Labute approximate surface area is 160 Å². The van der Waals surface area contributed by atoms with Gasteiger partial charge in [0.15, 0.2) is 0 Å². The molecule has 1 aliphatic rings. The Hall–Kier alpha value is -2.22. The Morgan fingerprint density at radius 1 is 1.11 bits per heavy atom. The number of benzene rings is 2. The number of carbonyl (C=O) groups excluding carboxylic acids is 1. The Balaban J connectivity index is 1.92. The van der Waals surface area contributed by atoms with Crippen molar-refractivity contribution in [3.63, 3.8) is 0 Å². The number of rotatable bonds is 7. The normalized spacial score (nSPS) is 17.6. The van der Waals surface area contributed by atoms with Crippen LogP contribution in [0.5, 0.6) is 0 Å². The van der Waals surface area contributed by atoms with E-state index in [1.807, 2.05) is 37.3 Å². The van der Waals surface area contributed by atoms with Gasteiger partial charge in [0, 0.05) is 32.2 Å². The van der Waals surface area contributed by atoms with Crippen LogP contribution < -0.4 is 0 Å².